The molecule has 1 saturated carbocycles. The molecule has 0 bridgehead atoms. The average Bonchev–Trinajstić information content (AvgIpc) is 3.19. The van der Waals surface area contributed by atoms with Gasteiger partial charge in [-0.2, -0.15) is 0 Å². The molecular weight excluding hydrogens is 260 g/mol. The summed E-state index contributed by atoms with van der Waals surface area (Å²) >= 11 is 0. The summed E-state index contributed by atoms with van der Waals surface area (Å²) in [6.07, 6.45) is 9.18. The number of nitrogens with zero attached hydrogens (tertiary/aromatic N) is 3. The number of aryl methyl sites for hydroxylation is 1. The molecule has 1 aliphatic carbocycles. The van der Waals surface area contributed by atoms with E-state index in [0.717, 1.165) is 30.8 Å². The molecule has 3 rings (SSSR count). The quantitative estimate of drug-likeness (QED) is 0.870. The zero-order chi connectivity index (χ0) is 14.8. The van der Waals surface area contributed by atoms with Gasteiger partial charge in [-0.15, -0.1) is 0 Å². The summed E-state index contributed by atoms with van der Waals surface area (Å²) in [5.74, 6) is 2.93. The minimum absolute atomic E-state index is 0.668. The van der Waals surface area contributed by atoms with E-state index in [2.05, 4.69) is 40.7 Å². The second-order valence-corrected chi connectivity index (χ2v) is 7.34. The van der Waals surface area contributed by atoms with Gasteiger partial charge >= 0.3 is 0 Å². The fourth-order valence-corrected chi connectivity index (χ4v) is 3.71. The van der Waals surface area contributed by atoms with E-state index in [4.69, 9.17) is 0 Å². The van der Waals surface area contributed by atoms with Gasteiger partial charge in [0.25, 0.3) is 0 Å². The molecule has 1 N–H and O–H groups in total. The van der Waals surface area contributed by atoms with Crippen molar-refractivity contribution in [1.29, 1.82) is 0 Å². The summed E-state index contributed by atoms with van der Waals surface area (Å²) in [6.45, 7) is 8.20. The maximum absolute atomic E-state index is 4.47. The maximum atomic E-state index is 4.47. The van der Waals surface area contributed by atoms with Crippen LogP contribution in [0.3, 0.4) is 0 Å². The van der Waals surface area contributed by atoms with Crippen LogP contribution >= 0.6 is 0 Å². The SMILES string of the molecule is CC(C)CC1CN(CCc2nccn2C)C(C2CC2)CN1. The number of nitrogens with one attached hydrogen (secondary N) is 1. The molecule has 2 fully saturated rings. The molecule has 4 heteroatoms. The summed E-state index contributed by atoms with van der Waals surface area (Å²) in [6, 6.07) is 1.43. The zero-order valence-corrected chi connectivity index (χ0v) is 13.8. The zero-order valence-electron chi connectivity index (χ0n) is 13.8. The van der Waals surface area contributed by atoms with Crippen molar-refractivity contribution in [2.45, 2.75) is 51.6 Å². The van der Waals surface area contributed by atoms with Crippen LogP contribution in [0.5, 0.6) is 0 Å². The van der Waals surface area contributed by atoms with E-state index in [0.29, 0.717) is 6.04 Å². The first-order chi connectivity index (χ1) is 10.1. The van der Waals surface area contributed by atoms with Crippen LogP contribution in [0.2, 0.25) is 0 Å². The predicted molar refractivity (Wildman–Crippen MR) is 86.2 cm³/mol. The lowest BCUT2D eigenvalue weighted by Crippen LogP contribution is -2.58. The van der Waals surface area contributed by atoms with E-state index in [1.807, 2.05) is 12.4 Å². The van der Waals surface area contributed by atoms with Gasteiger partial charge in [0, 0.05) is 57.6 Å². The van der Waals surface area contributed by atoms with Crippen molar-refractivity contribution in [3.05, 3.63) is 18.2 Å². The highest BCUT2D eigenvalue weighted by atomic mass is 15.2. The lowest BCUT2D eigenvalue weighted by molar-refractivity contribution is 0.108. The Hall–Kier alpha value is -0.870. The van der Waals surface area contributed by atoms with Crippen LogP contribution in [-0.2, 0) is 13.5 Å². The smallest absolute Gasteiger partial charge is 0.109 e. The van der Waals surface area contributed by atoms with Gasteiger partial charge in [-0.25, -0.2) is 4.98 Å². The minimum atomic E-state index is 0.668. The Morgan fingerprint density at radius 1 is 1.38 bits per heavy atom. The van der Waals surface area contributed by atoms with Crippen LogP contribution in [0.4, 0.5) is 0 Å². The molecule has 21 heavy (non-hydrogen) atoms. The molecule has 2 heterocycles. The summed E-state index contributed by atoms with van der Waals surface area (Å²) < 4.78 is 2.15. The molecule has 0 aromatic carbocycles. The molecular formula is C17H30N4. The number of piperazine rings is 1. The molecule has 2 unspecified atom stereocenters. The van der Waals surface area contributed by atoms with Crippen molar-refractivity contribution in [2.75, 3.05) is 19.6 Å². The van der Waals surface area contributed by atoms with E-state index in [1.54, 1.807) is 0 Å². The minimum Gasteiger partial charge on any atom is -0.338 e. The van der Waals surface area contributed by atoms with Gasteiger partial charge in [0.05, 0.1) is 0 Å². The molecule has 2 atom stereocenters. The molecule has 0 spiro atoms. The lowest BCUT2D eigenvalue weighted by Gasteiger charge is -2.41. The Morgan fingerprint density at radius 2 is 2.19 bits per heavy atom. The Kier molecular flexibility index (Phi) is 4.65. The Labute approximate surface area is 128 Å². The molecule has 118 valence electrons. The normalized spacial score (nSPS) is 27.4. The van der Waals surface area contributed by atoms with Crippen molar-refractivity contribution in [1.82, 2.24) is 19.8 Å². The van der Waals surface area contributed by atoms with E-state index in [1.165, 1.54) is 38.2 Å². The number of imidazole rings is 1. The van der Waals surface area contributed by atoms with E-state index in [9.17, 15) is 0 Å². The van der Waals surface area contributed by atoms with E-state index in [-0.39, 0.29) is 0 Å². The van der Waals surface area contributed by atoms with Gasteiger partial charge in [-0.3, -0.25) is 4.90 Å². The van der Waals surface area contributed by atoms with Crippen LogP contribution in [0.1, 0.15) is 38.9 Å². The monoisotopic (exact) mass is 290 g/mol. The predicted octanol–water partition coefficient (Wildman–Crippen LogP) is 2.06. The van der Waals surface area contributed by atoms with Gasteiger partial charge in [-0.1, -0.05) is 13.8 Å². The van der Waals surface area contributed by atoms with Gasteiger partial charge in [0.2, 0.25) is 0 Å². The highest BCUT2D eigenvalue weighted by Gasteiger charge is 2.38. The topological polar surface area (TPSA) is 33.1 Å². The summed E-state index contributed by atoms with van der Waals surface area (Å²) in [5, 5.41) is 3.79. The molecule has 1 aliphatic heterocycles. The molecule has 1 aromatic heterocycles. The van der Waals surface area contributed by atoms with Crippen molar-refractivity contribution in [3.63, 3.8) is 0 Å². The Balaban J connectivity index is 1.59. The summed E-state index contributed by atoms with van der Waals surface area (Å²) in [7, 11) is 2.10. The third-order valence-electron chi connectivity index (χ3n) is 5.01. The molecule has 0 radical (unpaired) electrons. The summed E-state index contributed by atoms with van der Waals surface area (Å²) in [5.41, 5.74) is 0. The van der Waals surface area contributed by atoms with Crippen molar-refractivity contribution >= 4 is 0 Å². The third-order valence-corrected chi connectivity index (χ3v) is 5.01. The molecule has 4 nitrogen and oxygen atoms in total. The second kappa shape index (κ2) is 6.49. The molecule has 2 aliphatic rings. The van der Waals surface area contributed by atoms with Crippen molar-refractivity contribution in [3.8, 4) is 0 Å². The maximum Gasteiger partial charge on any atom is 0.109 e. The summed E-state index contributed by atoms with van der Waals surface area (Å²) in [4.78, 5) is 7.22. The van der Waals surface area contributed by atoms with Crippen LogP contribution < -0.4 is 5.32 Å². The van der Waals surface area contributed by atoms with Crippen LogP contribution in [-0.4, -0.2) is 46.2 Å². The largest absolute Gasteiger partial charge is 0.338 e. The van der Waals surface area contributed by atoms with Crippen LogP contribution in [0.25, 0.3) is 0 Å². The van der Waals surface area contributed by atoms with Crippen LogP contribution in [0.15, 0.2) is 12.4 Å². The average molecular weight is 290 g/mol. The standard InChI is InChI=1S/C17H30N4/c1-13(2)10-15-12-21(16(11-19-15)14-4-5-14)8-6-17-18-7-9-20(17)3/h7,9,13-16,19H,4-6,8,10-12H2,1-3H3. The van der Waals surface area contributed by atoms with Gasteiger partial charge in [0.15, 0.2) is 0 Å². The fourth-order valence-electron chi connectivity index (χ4n) is 3.71. The number of hydrogen-bond donors (Lipinski definition) is 1. The molecule has 1 saturated heterocycles. The van der Waals surface area contributed by atoms with Gasteiger partial charge in [-0.05, 0) is 31.1 Å². The first-order valence-electron chi connectivity index (χ1n) is 8.57. The van der Waals surface area contributed by atoms with Gasteiger partial charge < -0.3 is 9.88 Å². The highest BCUT2D eigenvalue weighted by molar-refractivity contribution is 4.97. The molecule has 0 amide bonds. The molecule has 1 aromatic rings. The number of aromatic nitrogens is 2. The first-order valence-corrected chi connectivity index (χ1v) is 8.57. The Morgan fingerprint density at radius 3 is 2.81 bits per heavy atom. The van der Waals surface area contributed by atoms with Crippen molar-refractivity contribution in [2.24, 2.45) is 18.9 Å². The van der Waals surface area contributed by atoms with Crippen LogP contribution in [0, 0.1) is 11.8 Å². The number of rotatable bonds is 6. The van der Waals surface area contributed by atoms with Gasteiger partial charge in [0.1, 0.15) is 5.82 Å². The fraction of sp³-hybridized carbons (Fsp3) is 0.824. The first kappa shape index (κ1) is 15.0. The lowest BCUT2D eigenvalue weighted by atomic mass is 9.98. The number of hydrogen-bond acceptors (Lipinski definition) is 3. The highest BCUT2D eigenvalue weighted by Crippen LogP contribution is 2.36. The second-order valence-electron chi connectivity index (χ2n) is 7.34. The van der Waals surface area contributed by atoms with E-state index >= 15 is 0 Å². The Bertz CT molecular complexity index is 449. The third kappa shape index (κ3) is 3.86. The van der Waals surface area contributed by atoms with Crippen molar-refractivity contribution < 1.29 is 0 Å². The van der Waals surface area contributed by atoms with E-state index < -0.39 is 0 Å².